The Bertz CT molecular complexity index is 433. The van der Waals surface area contributed by atoms with Crippen LogP contribution in [0.1, 0.15) is 105 Å². The maximum atomic E-state index is 12.2. The lowest BCUT2D eigenvalue weighted by atomic mass is 9.69. The first-order valence-electron chi connectivity index (χ1n) is 11.0. The second-order valence-electron chi connectivity index (χ2n) is 8.99. The molecule has 2 nitrogen and oxygen atoms in total. The minimum atomic E-state index is 0.149. The van der Waals surface area contributed by atoms with Crippen molar-refractivity contribution < 1.29 is 4.79 Å². The van der Waals surface area contributed by atoms with Gasteiger partial charge >= 0.3 is 0 Å². The fourth-order valence-corrected chi connectivity index (χ4v) is 4.89. The summed E-state index contributed by atoms with van der Waals surface area (Å²) in [6.07, 6.45) is 16.6. The molecule has 1 amide bonds. The fourth-order valence-electron chi connectivity index (χ4n) is 4.89. The number of rotatable bonds is 7. The van der Waals surface area contributed by atoms with E-state index in [-0.39, 0.29) is 5.91 Å². The summed E-state index contributed by atoms with van der Waals surface area (Å²) >= 11 is 0. The van der Waals surface area contributed by atoms with Crippen molar-refractivity contribution in [2.45, 2.75) is 111 Å². The summed E-state index contributed by atoms with van der Waals surface area (Å²) in [6.45, 7) is 8.28. The number of hydrogen-bond acceptors (Lipinski definition) is 1. The molecule has 0 atom stereocenters. The van der Waals surface area contributed by atoms with Crippen LogP contribution in [-0.4, -0.2) is 11.9 Å². The highest BCUT2D eigenvalue weighted by molar-refractivity contribution is 5.93. The standard InChI is InChI=1S/C23H41NO/c1-5-6-7-8-19-9-11-20(12-10-19)21-13-15-22(16-14-21)24-23(25)18(4)17(2)3/h19-22H,5-16H2,1-4H3,(H,24,25). The Kier molecular flexibility index (Phi) is 8.52. The zero-order valence-corrected chi connectivity index (χ0v) is 17.2. The van der Waals surface area contributed by atoms with Crippen molar-refractivity contribution in [3.8, 4) is 0 Å². The van der Waals surface area contributed by atoms with Gasteiger partial charge in [-0.15, -0.1) is 0 Å². The van der Waals surface area contributed by atoms with Gasteiger partial charge in [0, 0.05) is 11.6 Å². The summed E-state index contributed by atoms with van der Waals surface area (Å²) in [6, 6.07) is 0.406. The zero-order chi connectivity index (χ0) is 18.2. The lowest BCUT2D eigenvalue weighted by Crippen LogP contribution is -2.39. The van der Waals surface area contributed by atoms with E-state index in [1.54, 1.807) is 0 Å². The van der Waals surface area contributed by atoms with E-state index in [1.165, 1.54) is 77.0 Å². The summed E-state index contributed by atoms with van der Waals surface area (Å²) in [7, 11) is 0. The van der Waals surface area contributed by atoms with Gasteiger partial charge in [-0.05, 0) is 77.0 Å². The van der Waals surface area contributed by atoms with Crippen molar-refractivity contribution >= 4 is 5.91 Å². The maximum Gasteiger partial charge on any atom is 0.247 e. The molecule has 2 aliphatic carbocycles. The average Bonchev–Trinajstić information content (AvgIpc) is 2.62. The van der Waals surface area contributed by atoms with Crippen molar-refractivity contribution in [3.05, 3.63) is 11.1 Å². The summed E-state index contributed by atoms with van der Waals surface area (Å²) in [5, 5.41) is 3.26. The van der Waals surface area contributed by atoms with Crippen molar-refractivity contribution in [3.63, 3.8) is 0 Å². The van der Waals surface area contributed by atoms with E-state index in [4.69, 9.17) is 0 Å². The molecule has 2 saturated carbocycles. The summed E-state index contributed by atoms with van der Waals surface area (Å²) < 4.78 is 0. The third-order valence-corrected chi connectivity index (χ3v) is 6.97. The van der Waals surface area contributed by atoms with E-state index in [0.717, 1.165) is 28.9 Å². The molecule has 0 radical (unpaired) electrons. The number of carbonyl (C=O) groups excluding carboxylic acids is 1. The minimum absolute atomic E-state index is 0.149. The van der Waals surface area contributed by atoms with Gasteiger partial charge in [0.2, 0.25) is 5.91 Å². The molecule has 0 saturated heterocycles. The summed E-state index contributed by atoms with van der Waals surface area (Å²) in [4.78, 5) is 12.2. The van der Waals surface area contributed by atoms with Crippen LogP contribution < -0.4 is 5.32 Å². The van der Waals surface area contributed by atoms with Gasteiger partial charge in [-0.1, -0.05) is 51.0 Å². The molecule has 2 fully saturated rings. The molecule has 0 aromatic rings. The largest absolute Gasteiger partial charge is 0.350 e. The van der Waals surface area contributed by atoms with Crippen LogP contribution in [0, 0.1) is 17.8 Å². The second kappa shape index (κ2) is 10.4. The van der Waals surface area contributed by atoms with E-state index in [1.807, 2.05) is 20.8 Å². The quantitative estimate of drug-likeness (QED) is 0.419. The van der Waals surface area contributed by atoms with E-state index in [2.05, 4.69) is 12.2 Å². The number of carbonyl (C=O) groups is 1. The number of hydrogen-bond donors (Lipinski definition) is 1. The Morgan fingerprint density at radius 2 is 1.40 bits per heavy atom. The Hall–Kier alpha value is -0.790. The maximum absolute atomic E-state index is 12.2. The Balaban J connectivity index is 1.67. The first-order valence-corrected chi connectivity index (χ1v) is 11.0. The normalized spacial score (nSPS) is 29.9. The van der Waals surface area contributed by atoms with Gasteiger partial charge in [0.1, 0.15) is 0 Å². The number of nitrogens with one attached hydrogen (secondary N) is 1. The lowest BCUT2D eigenvalue weighted by Gasteiger charge is -2.38. The molecule has 0 bridgehead atoms. The third kappa shape index (κ3) is 6.46. The number of unbranched alkanes of at least 4 members (excludes halogenated alkanes) is 2. The first-order chi connectivity index (χ1) is 12.0. The van der Waals surface area contributed by atoms with Crippen LogP contribution in [0.4, 0.5) is 0 Å². The van der Waals surface area contributed by atoms with Gasteiger partial charge < -0.3 is 5.32 Å². The molecule has 0 unspecified atom stereocenters. The zero-order valence-electron chi connectivity index (χ0n) is 17.2. The molecule has 0 aromatic carbocycles. The molecule has 25 heavy (non-hydrogen) atoms. The molecule has 2 aliphatic rings. The van der Waals surface area contributed by atoms with Crippen LogP contribution in [0.5, 0.6) is 0 Å². The van der Waals surface area contributed by atoms with Crippen LogP contribution >= 0.6 is 0 Å². The molecule has 0 spiro atoms. The predicted octanol–water partition coefficient (Wildman–Crippen LogP) is 6.40. The van der Waals surface area contributed by atoms with Gasteiger partial charge in [0.25, 0.3) is 0 Å². The van der Waals surface area contributed by atoms with Crippen LogP contribution in [0.2, 0.25) is 0 Å². The Morgan fingerprint density at radius 3 is 1.92 bits per heavy atom. The van der Waals surface area contributed by atoms with Crippen molar-refractivity contribution in [2.24, 2.45) is 17.8 Å². The molecule has 0 heterocycles. The minimum Gasteiger partial charge on any atom is -0.350 e. The highest BCUT2D eigenvalue weighted by Crippen LogP contribution is 2.41. The fraction of sp³-hybridized carbons (Fsp3) is 0.870. The van der Waals surface area contributed by atoms with Gasteiger partial charge in [-0.25, -0.2) is 0 Å². The molecule has 0 aliphatic heterocycles. The predicted molar refractivity (Wildman–Crippen MR) is 108 cm³/mol. The summed E-state index contributed by atoms with van der Waals surface area (Å²) in [5.41, 5.74) is 2.02. The Morgan fingerprint density at radius 1 is 0.840 bits per heavy atom. The van der Waals surface area contributed by atoms with Crippen LogP contribution in [0.3, 0.4) is 0 Å². The van der Waals surface area contributed by atoms with Crippen molar-refractivity contribution in [2.75, 3.05) is 0 Å². The molecule has 144 valence electrons. The van der Waals surface area contributed by atoms with Crippen molar-refractivity contribution in [1.29, 1.82) is 0 Å². The molecule has 1 N–H and O–H groups in total. The highest BCUT2D eigenvalue weighted by atomic mass is 16.1. The monoisotopic (exact) mass is 347 g/mol. The van der Waals surface area contributed by atoms with Gasteiger partial charge in [-0.3, -0.25) is 4.79 Å². The van der Waals surface area contributed by atoms with E-state index < -0.39 is 0 Å². The first kappa shape index (κ1) is 20.5. The second-order valence-corrected chi connectivity index (χ2v) is 8.99. The topological polar surface area (TPSA) is 29.1 Å². The molecular formula is C23H41NO. The SMILES string of the molecule is CCCCCC1CCC(C2CCC(NC(=O)C(C)=C(C)C)CC2)CC1. The lowest BCUT2D eigenvalue weighted by molar-refractivity contribution is -0.118. The average molecular weight is 348 g/mol. The van der Waals surface area contributed by atoms with E-state index in [9.17, 15) is 4.79 Å². The Labute approximate surface area is 156 Å². The van der Waals surface area contributed by atoms with Crippen LogP contribution in [0.25, 0.3) is 0 Å². The van der Waals surface area contributed by atoms with Crippen molar-refractivity contribution in [1.82, 2.24) is 5.32 Å². The molecule has 2 rings (SSSR count). The third-order valence-electron chi connectivity index (χ3n) is 6.97. The van der Waals surface area contributed by atoms with Crippen LogP contribution in [-0.2, 0) is 4.79 Å². The van der Waals surface area contributed by atoms with Gasteiger partial charge in [0.15, 0.2) is 0 Å². The van der Waals surface area contributed by atoms with E-state index >= 15 is 0 Å². The molecule has 2 heteroatoms. The number of allylic oxidation sites excluding steroid dienone is 1. The molecule has 0 aromatic heterocycles. The van der Waals surface area contributed by atoms with E-state index in [0.29, 0.717) is 6.04 Å². The van der Waals surface area contributed by atoms with Crippen LogP contribution in [0.15, 0.2) is 11.1 Å². The number of amides is 1. The smallest absolute Gasteiger partial charge is 0.247 e. The summed E-state index contributed by atoms with van der Waals surface area (Å²) in [5.74, 6) is 3.06. The highest BCUT2D eigenvalue weighted by Gasteiger charge is 2.31. The van der Waals surface area contributed by atoms with Gasteiger partial charge in [-0.2, -0.15) is 0 Å². The molecular weight excluding hydrogens is 306 g/mol. The van der Waals surface area contributed by atoms with Gasteiger partial charge in [0.05, 0.1) is 0 Å².